The van der Waals surface area contributed by atoms with Gasteiger partial charge < -0.3 is 14.4 Å². The number of nitrogens with zero attached hydrogens (tertiary/aromatic N) is 2. The molecule has 1 aromatic carbocycles. The van der Waals surface area contributed by atoms with Gasteiger partial charge in [0.15, 0.2) is 0 Å². The van der Waals surface area contributed by atoms with Gasteiger partial charge in [-0.25, -0.2) is 4.98 Å². The fraction of sp³-hybridized carbons (Fsp3) is 0.368. The predicted octanol–water partition coefficient (Wildman–Crippen LogP) is 3.90. The first kappa shape index (κ1) is 19.0. The van der Waals surface area contributed by atoms with E-state index >= 15 is 0 Å². The molecule has 6 heteroatoms. The Bertz CT molecular complexity index is 695. The Kier molecular flexibility index (Phi) is 7.01. The molecule has 0 fully saturated rings. The van der Waals surface area contributed by atoms with Crippen LogP contribution < -0.4 is 9.47 Å². The van der Waals surface area contributed by atoms with E-state index in [1.807, 2.05) is 43.5 Å². The molecule has 0 saturated carbocycles. The molecule has 1 heterocycles. The van der Waals surface area contributed by atoms with Gasteiger partial charge in [0.05, 0.1) is 19.3 Å². The van der Waals surface area contributed by atoms with Gasteiger partial charge in [-0.2, -0.15) is 0 Å². The summed E-state index contributed by atoms with van der Waals surface area (Å²) in [5.74, 6) is 1.61. The number of amides is 1. The van der Waals surface area contributed by atoms with Gasteiger partial charge in [-0.1, -0.05) is 19.9 Å². The SMILES string of the molecule is C=CCN(Cc1csc(COc2ccc(OC)cc2)n1)C(=O)C(C)C. The topological polar surface area (TPSA) is 51.7 Å². The van der Waals surface area contributed by atoms with Crippen LogP contribution in [0, 0.1) is 5.92 Å². The van der Waals surface area contributed by atoms with E-state index in [1.165, 1.54) is 11.3 Å². The second kappa shape index (κ2) is 9.22. The highest BCUT2D eigenvalue weighted by Crippen LogP contribution is 2.20. The van der Waals surface area contributed by atoms with E-state index in [2.05, 4.69) is 11.6 Å². The van der Waals surface area contributed by atoms with Crippen molar-refractivity contribution in [2.75, 3.05) is 13.7 Å². The molecule has 2 aromatic rings. The normalized spacial score (nSPS) is 10.6. The number of thiazole rings is 1. The third kappa shape index (κ3) is 5.60. The lowest BCUT2D eigenvalue weighted by atomic mass is 10.2. The van der Waals surface area contributed by atoms with E-state index in [0.29, 0.717) is 19.7 Å². The second-order valence-electron chi connectivity index (χ2n) is 5.86. The lowest BCUT2D eigenvalue weighted by Gasteiger charge is -2.22. The maximum absolute atomic E-state index is 12.2. The van der Waals surface area contributed by atoms with Gasteiger partial charge in [0.25, 0.3) is 0 Å². The largest absolute Gasteiger partial charge is 0.497 e. The second-order valence-corrected chi connectivity index (χ2v) is 6.80. The molecule has 0 saturated heterocycles. The van der Waals surface area contributed by atoms with Gasteiger partial charge in [-0.3, -0.25) is 4.79 Å². The number of benzene rings is 1. The number of hydrogen-bond donors (Lipinski definition) is 0. The van der Waals surface area contributed by atoms with E-state index in [-0.39, 0.29) is 11.8 Å². The van der Waals surface area contributed by atoms with E-state index in [4.69, 9.17) is 9.47 Å². The van der Waals surface area contributed by atoms with Crippen molar-refractivity contribution in [3.8, 4) is 11.5 Å². The fourth-order valence-corrected chi connectivity index (χ4v) is 2.95. The van der Waals surface area contributed by atoms with Crippen LogP contribution in [-0.2, 0) is 17.9 Å². The Morgan fingerprint density at radius 2 is 2.00 bits per heavy atom. The van der Waals surface area contributed by atoms with Gasteiger partial charge >= 0.3 is 0 Å². The highest BCUT2D eigenvalue weighted by atomic mass is 32.1. The Hall–Kier alpha value is -2.34. The number of rotatable bonds is 9. The minimum Gasteiger partial charge on any atom is -0.497 e. The molecule has 0 N–H and O–H groups in total. The van der Waals surface area contributed by atoms with Gasteiger partial charge in [-0.15, -0.1) is 17.9 Å². The molecule has 25 heavy (non-hydrogen) atoms. The van der Waals surface area contributed by atoms with E-state index in [1.54, 1.807) is 18.1 Å². The van der Waals surface area contributed by atoms with Crippen molar-refractivity contribution in [3.05, 3.63) is 53.0 Å². The Balaban J connectivity index is 1.93. The molecule has 0 radical (unpaired) electrons. The number of carbonyl (C=O) groups is 1. The van der Waals surface area contributed by atoms with Crippen LogP contribution in [0.15, 0.2) is 42.3 Å². The van der Waals surface area contributed by atoms with Crippen LogP contribution in [-0.4, -0.2) is 29.4 Å². The quantitative estimate of drug-likeness (QED) is 0.637. The summed E-state index contributed by atoms with van der Waals surface area (Å²) in [5, 5.41) is 2.84. The molecule has 0 aliphatic rings. The summed E-state index contributed by atoms with van der Waals surface area (Å²) in [7, 11) is 1.63. The van der Waals surface area contributed by atoms with E-state index in [9.17, 15) is 4.79 Å². The third-order valence-electron chi connectivity index (χ3n) is 3.53. The Labute approximate surface area is 152 Å². The Morgan fingerprint density at radius 3 is 2.60 bits per heavy atom. The van der Waals surface area contributed by atoms with Crippen molar-refractivity contribution in [1.82, 2.24) is 9.88 Å². The standard InChI is InChI=1S/C19H24N2O3S/c1-5-10-21(19(22)14(2)3)11-15-13-25-18(20-15)12-24-17-8-6-16(23-4)7-9-17/h5-9,13-14H,1,10-12H2,2-4H3. The lowest BCUT2D eigenvalue weighted by molar-refractivity contribution is -0.134. The molecule has 5 nitrogen and oxygen atoms in total. The molecule has 0 aliphatic carbocycles. The Morgan fingerprint density at radius 1 is 1.32 bits per heavy atom. The highest BCUT2D eigenvalue weighted by molar-refractivity contribution is 7.09. The summed E-state index contributed by atoms with van der Waals surface area (Å²) in [6.45, 7) is 8.92. The van der Waals surface area contributed by atoms with Crippen molar-refractivity contribution in [3.63, 3.8) is 0 Å². The summed E-state index contributed by atoms with van der Waals surface area (Å²) in [5.41, 5.74) is 0.870. The smallest absolute Gasteiger partial charge is 0.225 e. The fourth-order valence-electron chi connectivity index (χ4n) is 2.25. The number of aromatic nitrogens is 1. The molecular weight excluding hydrogens is 336 g/mol. The van der Waals surface area contributed by atoms with Crippen LogP contribution in [0.1, 0.15) is 24.5 Å². The minimum atomic E-state index is -0.0449. The number of carbonyl (C=O) groups excluding carboxylic acids is 1. The minimum absolute atomic E-state index is 0.0449. The summed E-state index contributed by atoms with van der Waals surface area (Å²) < 4.78 is 10.9. The monoisotopic (exact) mass is 360 g/mol. The van der Waals surface area contributed by atoms with Crippen LogP contribution in [0.3, 0.4) is 0 Å². The number of hydrogen-bond acceptors (Lipinski definition) is 5. The first-order valence-corrected chi connectivity index (χ1v) is 9.01. The van der Waals surface area contributed by atoms with Crippen molar-refractivity contribution in [2.24, 2.45) is 5.92 Å². The van der Waals surface area contributed by atoms with Gasteiger partial charge in [0.1, 0.15) is 23.1 Å². The van der Waals surface area contributed by atoms with Crippen molar-refractivity contribution in [2.45, 2.75) is 27.0 Å². The molecule has 0 spiro atoms. The first-order chi connectivity index (χ1) is 12.0. The van der Waals surface area contributed by atoms with Crippen LogP contribution in [0.25, 0.3) is 0 Å². The van der Waals surface area contributed by atoms with Crippen molar-refractivity contribution < 1.29 is 14.3 Å². The average Bonchev–Trinajstić information content (AvgIpc) is 3.06. The highest BCUT2D eigenvalue weighted by Gasteiger charge is 2.17. The average molecular weight is 360 g/mol. The van der Waals surface area contributed by atoms with E-state index in [0.717, 1.165) is 22.2 Å². The summed E-state index contributed by atoms with van der Waals surface area (Å²) >= 11 is 1.53. The zero-order chi connectivity index (χ0) is 18.2. The van der Waals surface area contributed by atoms with Crippen molar-refractivity contribution >= 4 is 17.2 Å². The maximum atomic E-state index is 12.2. The van der Waals surface area contributed by atoms with Crippen molar-refractivity contribution in [1.29, 1.82) is 0 Å². The van der Waals surface area contributed by atoms with Crippen LogP contribution >= 0.6 is 11.3 Å². The summed E-state index contributed by atoms with van der Waals surface area (Å²) in [6, 6.07) is 7.43. The third-order valence-corrected chi connectivity index (χ3v) is 4.40. The van der Waals surface area contributed by atoms with Crippen LogP contribution in [0.4, 0.5) is 0 Å². The molecular formula is C19H24N2O3S. The zero-order valence-corrected chi connectivity index (χ0v) is 15.7. The maximum Gasteiger partial charge on any atom is 0.225 e. The molecule has 2 rings (SSSR count). The lowest BCUT2D eigenvalue weighted by Crippen LogP contribution is -2.34. The van der Waals surface area contributed by atoms with Gasteiger partial charge in [-0.05, 0) is 24.3 Å². The summed E-state index contributed by atoms with van der Waals surface area (Å²) in [6.07, 6.45) is 1.74. The zero-order valence-electron chi connectivity index (χ0n) is 14.9. The molecule has 0 aliphatic heterocycles. The van der Waals surface area contributed by atoms with Gasteiger partial charge in [0.2, 0.25) is 5.91 Å². The molecule has 1 aromatic heterocycles. The molecule has 134 valence electrons. The van der Waals surface area contributed by atoms with Gasteiger partial charge in [0, 0.05) is 17.8 Å². The predicted molar refractivity (Wildman–Crippen MR) is 99.9 cm³/mol. The molecule has 1 amide bonds. The molecule has 0 unspecified atom stereocenters. The number of ether oxygens (including phenoxy) is 2. The first-order valence-electron chi connectivity index (χ1n) is 8.13. The molecule has 0 bridgehead atoms. The number of methoxy groups -OCH3 is 1. The van der Waals surface area contributed by atoms with Crippen LogP contribution in [0.2, 0.25) is 0 Å². The van der Waals surface area contributed by atoms with E-state index < -0.39 is 0 Å². The molecule has 0 atom stereocenters. The van der Waals surface area contributed by atoms with Crippen LogP contribution in [0.5, 0.6) is 11.5 Å². The summed E-state index contributed by atoms with van der Waals surface area (Å²) in [4.78, 5) is 18.6.